The highest BCUT2D eigenvalue weighted by Crippen LogP contribution is 2.21. The molecule has 0 amide bonds. The summed E-state index contributed by atoms with van der Waals surface area (Å²) in [6, 6.07) is 5.54. The number of carbonyl (C=O) groups is 1. The first-order valence-electron chi connectivity index (χ1n) is 7.44. The maximum absolute atomic E-state index is 10.9. The average molecular weight is 292 g/mol. The summed E-state index contributed by atoms with van der Waals surface area (Å²) < 4.78 is 5.39. The van der Waals surface area contributed by atoms with Gasteiger partial charge < -0.3 is 9.84 Å². The van der Waals surface area contributed by atoms with Crippen molar-refractivity contribution in [2.24, 2.45) is 0 Å². The number of aldehydes is 1. The number of hydrogen-bond acceptors (Lipinski definition) is 5. The normalized spacial score (nSPS) is 17.4. The molecule has 0 atom stereocenters. The van der Waals surface area contributed by atoms with E-state index in [2.05, 4.69) is 9.80 Å². The monoisotopic (exact) mass is 292 g/mol. The van der Waals surface area contributed by atoms with Crippen LogP contribution in [0.15, 0.2) is 18.2 Å². The van der Waals surface area contributed by atoms with Crippen molar-refractivity contribution < 1.29 is 14.6 Å². The second-order valence-corrected chi connectivity index (χ2v) is 5.38. The van der Waals surface area contributed by atoms with Crippen LogP contribution in [0, 0.1) is 0 Å². The summed E-state index contributed by atoms with van der Waals surface area (Å²) in [6.45, 7) is 5.74. The lowest BCUT2D eigenvalue weighted by Crippen LogP contribution is -2.32. The Morgan fingerprint density at radius 1 is 1.24 bits per heavy atom. The van der Waals surface area contributed by atoms with E-state index in [1.807, 2.05) is 12.1 Å². The van der Waals surface area contributed by atoms with Crippen molar-refractivity contribution in [3.8, 4) is 5.75 Å². The van der Waals surface area contributed by atoms with E-state index in [1.54, 1.807) is 13.2 Å². The molecular weight excluding hydrogens is 268 g/mol. The second-order valence-electron chi connectivity index (χ2n) is 5.38. The summed E-state index contributed by atoms with van der Waals surface area (Å²) in [4.78, 5) is 15.6. The minimum Gasteiger partial charge on any atom is -0.496 e. The van der Waals surface area contributed by atoms with Gasteiger partial charge in [0.15, 0.2) is 0 Å². The molecule has 0 spiro atoms. The lowest BCUT2D eigenvalue weighted by molar-refractivity contribution is 0.112. The van der Waals surface area contributed by atoms with Gasteiger partial charge in [-0.05, 0) is 37.7 Å². The van der Waals surface area contributed by atoms with Crippen LogP contribution < -0.4 is 4.74 Å². The van der Waals surface area contributed by atoms with Gasteiger partial charge in [0.25, 0.3) is 0 Å². The summed E-state index contributed by atoms with van der Waals surface area (Å²) in [7, 11) is 1.66. The second kappa shape index (κ2) is 8.12. The number of methoxy groups -OCH3 is 1. The highest BCUT2D eigenvalue weighted by atomic mass is 16.5. The lowest BCUT2D eigenvalue weighted by Gasteiger charge is -2.22. The third kappa shape index (κ3) is 4.52. The minimum atomic E-state index is 0.217. The van der Waals surface area contributed by atoms with Gasteiger partial charge >= 0.3 is 0 Å². The van der Waals surface area contributed by atoms with Crippen molar-refractivity contribution in [3.05, 3.63) is 29.3 Å². The summed E-state index contributed by atoms with van der Waals surface area (Å²) >= 11 is 0. The van der Waals surface area contributed by atoms with E-state index in [0.717, 1.165) is 63.3 Å². The maximum atomic E-state index is 10.9. The third-order valence-electron chi connectivity index (χ3n) is 3.93. The van der Waals surface area contributed by atoms with Gasteiger partial charge in [-0.25, -0.2) is 0 Å². The molecule has 21 heavy (non-hydrogen) atoms. The summed E-state index contributed by atoms with van der Waals surface area (Å²) in [5.74, 6) is 0.831. The van der Waals surface area contributed by atoms with E-state index in [1.165, 1.54) is 0 Å². The fourth-order valence-corrected chi connectivity index (χ4v) is 2.78. The topological polar surface area (TPSA) is 53.0 Å². The van der Waals surface area contributed by atoms with Crippen LogP contribution in [0.3, 0.4) is 0 Å². The molecule has 1 aromatic carbocycles. The molecule has 1 aliphatic heterocycles. The van der Waals surface area contributed by atoms with E-state index in [0.29, 0.717) is 5.56 Å². The SMILES string of the molecule is COc1ccc(C=O)cc1CN1CCCN(CCO)CC1. The summed E-state index contributed by atoms with van der Waals surface area (Å²) in [5, 5.41) is 9.03. The highest BCUT2D eigenvalue weighted by Gasteiger charge is 2.16. The van der Waals surface area contributed by atoms with E-state index >= 15 is 0 Å². The first-order valence-corrected chi connectivity index (χ1v) is 7.44. The van der Waals surface area contributed by atoms with Gasteiger partial charge in [0.05, 0.1) is 13.7 Å². The van der Waals surface area contributed by atoms with Gasteiger partial charge in [-0.15, -0.1) is 0 Å². The quantitative estimate of drug-likeness (QED) is 0.793. The van der Waals surface area contributed by atoms with Crippen LogP contribution in [0.5, 0.6) is 5.75 Å². The first kappa shape index (κ1) is 15.9. The number of rotatable bonds is 6. The van der Waals surface area contributed by atoms with Crippen LogP contribution in [0.25, 0.3) is 0 Å². The molecule has 116 valence electrons. The van der Waals surface area contributed by atoms with Crippen LogP contribution >= 0.6 is 0 Å². The van der Waals surface area contributed by atoms with Crippen LogP contribution in [-0.2, 0) is 6.54 Å². The predicted octanol–water partition coefficient (Wildman–Crippen LogP) is 1.01. The van der Waals surface area contributed by atoms with Gasteiger partial charge in [0.2, 0.25) is 0 Å². The van der Waals surface area contributed by atoms with Crippen LogP contribution in [0.2, 0.25) is 0 Å². The van der Waals surface area contributed by atoms with E-state index < -0.39 is 0 Å². The van der Waals surface area contributed by atoms with Crippen molar-refractivity contribution in [3.63, 3.8) is 0 Å². The van der Waals surface area contributed by atoms with Crippen molar-refractivity contribution in [2.75, 3.05) is 46.4 Å². The Labute approximate surface area is 126 Å². The molecule has 5 nitrogen and oxygen atoms in total. The molecule has 1 saturated heterocycles. The van der Waals surface area contributed by atoms with Crippen molar-refractivity contribution in [2.45, 2.75) is 13.0 Å². The molecule has 1 heterocycles. The van der Waals surface area contributed by atoms with E-state index in [-0.39, 0.29) is 6.61 Å². The highest BCUT2D eigenvalue weighted by molar-refractivity contribution is 5.75. The lowest BCUT2D eigenvalue weighted by atomic mass is 10.1. The summed E-state index contributed by atoms with van der Waals surface area (Å²) in [6.07, 6.45) is 1.96. The van der Waals surface area contributed by atoms with Crippen molar-refractivity contribution in [1.29, 1.82) is 0 Å². The number of benzene rings is 1. The minimum absolute atomic E-state index is 0.217. The Kier molecular flexibility index (Phi) is 6.17. The van der Waals surface area contributed by atoms with Gasteiger partial charge in [0, 0.05) is 37.3 Å². The number of aliphatic hydroxyl groups excluding tert-OH is 1. The van der Waals surface area contributed by atoms with E-state index in [9.17, 15) is 4.79 Å². The van der Waals surface area contributed by atoms with Gasteiger partial charge in [-0.1, -0.05) is 0 Å². The summed E-state index contributed by atoms with van der Waals surface area (Å²) in [5.41, 5.74) is 1.74. The van der Waals surface area contributed by atoms with Gasteiger partial charge in [-0.3, -0.25) is 14.6 Å². The first-order chi connectivity index (χ1) is 10.3. The Hall–Kier alpha value is -1.43. The maximum Gasteiger partial charge on any atom is 0.150 e. The van der Waals surface area contributed by atoms with Gasteiger partial charge in [0.1, 0.15) is 12.0 Å². The molecule has 0 saturated carbocycles. The standard InChI is InChI=1S/C16H24N2O3/c1-21-16-4-3-14(13-20)11-15(16)12-18-6-2-5-17(7-8-18)9-10-19/h3-4,11,13,19H,2,5-10,12H2,1H3. The third-order valence-corrected chi connectivity index (χ3v) is 3.93. The molecule has 2 rings (SSSR count). The molecule has 0 aromatic heterocycles. The molecule has 1 fully saturated rings. The number of β-amino-alcohol motifs (C(OH)–C–C–N with tert-alkyl or cyclic N) is 1. The fourth-order valence-electron chi connectivity index (χ4n) is 2.78. The molecule has 0 aliphatic carbocycles. The smallest absolute Gasteiger partial charge is 0.150 e. The van der Waals surface area contributed by atoms with Crippen LogP contribution in [0.1, 0.15) is 22.3 Å². The molecule has 1 N–H and O–H groups in total. The molecule has 5 heteroatoms. The number of aliphatic hydroxyl groups is 1. The molecule has 1 aliphatic rings. The molecular formula is C16H24N2O3. The van der Waals surface area contributed by atoms with Crippen LogP contribution in [0.4, 0.5) is 0 Å². The fraction of sp³-hybridized carbons (Fsp3) is 0.562. The van der Waals surface area contributed by atoms with Gasteiger partial charge in [-0.2, -0.15) is 0 Å². The Morgan fingerprint density at radius 3 is 2.71 bits per heavy atom. The zero-order valence-electron chi connectivity index (χ0n) is 12.6. The molecule has 0 radical (unpaired) electrons. The van der Waals surface area contributed by atoms with Crippen LogP contribution in [-0.4, -0.2) is 67.6 Å². The number of hydrogen-bond donors (Lipinski definition) is 1. The average Bonchev–Trinajstić information content (AvgIpc) is 2.73. The Balaban J connectivity index is 2.02. The van der Waals surface area contributed by atoms with Crippen molar-refractivity contribution >= 4 is 6.29 Å². The Morgan fingerprint density at radius 2 is 2.00 bits per heavy atom. The number of nitrogens with zero attached hydrogens (tertiary/aromatic N) is 2. The predicted molar refractivity (Wildman–Crippen MR) is 81.8 cm³/mol. The largest absolute Gasteiger partial charge is 0.496 e. The Bertz CT molecular complexity index is 465. The molecule has 0 unspecified atom stereocenters. The van der Waals surface area contributed by atoms with Crippen molar-refractivity contribution in [1.82, 2.24) is 9.80 Å². The zero-order valence-corrected chi connectivity index (χ0v) is 12.6. The van der Waals surface area contributed by atoms with E-state index in [4.69, 9.17) is 9.84 Å². The number of ether oxygens (including phenoxy) is 1. The molecule has 0 bridgehead atoms. The number of carbonyl (C=O) groups excluding carboxylic acids is 1. The zero-order chi connectivity index (χ0) is 15.1. The molecule has 1 aromatic rings.